The molecule has 2 heterocycles. The van der Waals surface area contributed by atoms with Gasteiger partial charge in [-0.05, 0) is 37.1 Å². The number of aromatic nitrogens is 2. The summed E-state index contributed by atoms with van der Waals surface area (Å²) in [4.78, 5) is 32.1. The van der Waals surface area contributed by atoms with E-state index in [1.54, 1.807) is 0 Å². The summed E-state index contributed by atoms with van der Waals surface area (Å²) in [6, 6.07) is 1.18. The summed E-state index contributed by atoms with van der Waals surface area (Å²) in [5, 5.41) is -0.0406. The zero-order valence-corrected chi connectivity index (χ0v) is 10.9. The normalized spacial score (nSPS) is 19.5. The van der Waals surface area contributed by atoms with Crippen LogP contribution in [0.25, 0.3) is 0 Å². The fourth-order valence-electron chi connectivity index (χ4n) is 2.22. The van der Waals surface area contributed by atoms with E-state index in [0.717, 1.165) is 19.4 Å². The molecule has 2 rings (SSSR count). The minimum absolute atomic E-state index is 0.0406. The maximum absolute atomic E-state index is 11.3. The number of halogens is 1. The summed E-state index contributed by atoms with van der Waals surface area (Å²) in [6.07, 6.45) is 1.63. The summed E-state index contributed by atoms with van der Waals surface area (Å²) in [5.74, 6) is -1.02. The third kappa shape index (κ3) is 3.18. The molecular weight excluding hydrogens is 270 g/mol. The van der Waals surface area contributed by atoms with Crippen LogP contribution in [0.5, 0.6) is 0 Å². The first-order valence-corrected chi connectivity index (χ1v) is 6.22. The molecule has 1 aliphatic heterocycles. The molecule has 1 atom stereocenters. The van der Waals surface area contributed by atoms with Crippen LogP contribution in [0, 0.1) is 0 Å². The standard InChI is InChI=1S/C11H14ClN5O2/c12-11-15-6(4-7(16-11)9(13)18)5-17-3-1-2-8(17)10(14)19/h4,8H,1-3,5H2,(H2,13,18)(H2,14,19)/t8-/m0/s1. The maximum Gasteiger partial charge on any atom is 0.267 e. The highest BCUT2D eigenvalue weighted by molar-refractivity contribution is 6.28. The lowest BCUT2D eigenvalue weighted by molar-refractivity contribution is -0.122. The van der Waals surface area contributed by atoms with E-state index in [-0.39, 0.29) is 22.9 Å². The average Bonchev–Trinajstić information content (AvgIpc) is 2.76. The number of carbonyl (C=O) groups is 2. The molecule has 19 heavy (non-hydrogen) atoms. The Hall–Kier alpha value is -1.73. The summed E-state index contributed by atoms with van der Waals surface area (Å²) < 4.78 is 0. The number of primary amides is 2. The lowest BCUT2D eigenvalue weighted by Gasteiger charge is -2.21. The third-order valence-electron chi connectivity index (χ3n) is 3.06. The van der Waals surface area contributed by atoms with Crippen molar-refractivity contribution < 1.29 is 9.59 Å². The van der Waals surface area contributed by atoms with Gasteiger partial charge in [-0.2, -0.15) is 0 Å². The van der Waals surface area contributed by atoms with Gasteiger partial charge in [-0.25, -0.2) is 9.97 Å². The van der Waals surface area contributed by atoms with Crippen LogP contribution in [0.2, 0.25) is 5.28 Å². The first kappa shape index (κ1) is 13.7. The molecule has 0 saturated carbocycles. The van der Waals surface area contributed by atoms with E-state index < -0.39 is 5.91 Å². The monoisotopic (exact) mass is 283 g/mol. The van der Waals surface area contributed by atoms with E-state index in [4.69, 9.17) is 23.1 Å². The molecule has 1 saturated heterocycles. The Morgan fingerprint density at radius 3 is 2.79 bits per heavy atom. The van der Waals surface area contributed by atoms with Crippen molar-refractivity contribution >= 4 is 23.4 Å². The lowest BCUT2D eigenvalue weighted by Crippen LogP contribution is -2.40. The van der Waals surface area contributed by atoms with E-state index in [9.17, 15) is 9.59 Å². The maximum atomic E-state index is 11.3. The summed E-state index contributed by atoms with van der Waals surface area (Å²) in [6.45, 7) is 1.14. The number of rotatable bonds is 4. The van der Waals surface area contributed by atoms with Crippen LogP contribution in [0.4, 0.5) is 0 Å². The molecule has 0 radical (unpaired) electrons. The fraction of sp³-hybridized carbons (Fsp3) is 0.455. The zero-order chi connectivity index (χ0) is 14.0. The van der Waals surface area contributed by atoms with Crippen LogP contribution < -0.4 is 11.5 Å². The minimum atomic E-state index is -0.668. The molecule has 1 aromatic rings. The van der Waals surface area contributed by atoms with E-state index >= 15 is 0 Å². The molecule has 102 valence electrons. The molecule has 1 aromatic heterocycles. The van der Waals surface area contributed by atoms with Gasteiger partial charge in [0.25, 0.3) is 5.91 Å². The Bertz CT molecular complexity index is 522. The minimum Gasteiger partial charge on any atom is -0.368 e. The topological polar surface area (TPSA) is 115 Å². The molecule has 4 N–H and O–H groups in total. The highest BCUT2D eigenvalue weighted by atomic mass is 35.5. The SMILES string of the molecule is NC(=O)c1cc(CN2CCC[C@H]2C(N)=O)nc(Cl)n1. The van der Waals surface area contributed by atoms with Crippen LogP contribution in [0.3, 0.4) is 0 Å². The number of carbonyl (C=O) groups excluding carboxylic acids is 2. The van der Waals surface area contributed by atoms with Crippen molar-refractivity contribution in [2.45, 2.75) is 25.4 Å². The fourth-order valence-corrected chi connectivity index (χ4v) is 2.42. The molecule has 8 heteroatoms. The molecule has 7 nitrogen and oxygen atoms in total. The molecule has 0 bridgehead atoms. The first-order chi connectivity index (χ1) is 8.97. The molecule has 1 fully saturated rings. The second kappa shape index (κ2) is 5.50. The van der Waals surface area contributed by atoms with Crippen molar-refractivity contribution in [3.8, 4) is 0 Å². The van der Waals surface area contributed by atoms with E-state index in [0.29, 0.717) is 12.2 Å². The molecule has 0 aromatic carbocycles. The molecule has 0 spiro atoms. The van der Waals surface area contributed by atoms with Crippen LogP contribution >= 0.6 is 11.6 Å². The Labute approximate surface area is 114 Å². The van der Waals surface area contributed by atoms with Crippen molar-refractivity contribution in [2.75, 3.05) is 6.54 Å². The van der Waals surface area contributed by atoms with Gasteiger partial charge in [-0.3, -0.25) is 14.5 Å². The Morgan fingerprint density at radius 2 is 2.16 bits per heavy atom. The summed E-state index contributed by atoms with van der Waals surface area (Å²) in [5.41, 5.74) is 11.1. The second-order valence-corrected chi connectivity index (χ2v) is 4.75. The van der Waals surface area contributed by atoms with E-state index in [1.165, 1.54) is 6.07 Å². The van der Waals surface area contributed by atoms with Crippen molar-refractivity contribution in [2.24, 2.45) is 11.5 Å². The molecule has 0 unspecified atom stereocenters. The van der Waals surface area contributed by atoms with Gasteiger partial charge in [-0.15, -0.1) is 0 Å². The molecule has 1 aliphatic rings. The summed E-state index contributed by atoms with van der Waals surface area (Å²) in [7, 11) is 0. The van der Waals surface area contributed by atoms with E-state index in [2.05, 4.69) is 9.97 Å². The van der Waals surface area contributed by atoms with Gasteiger partial charge in [0.15, 0.2) is 0 Å². The van der Waals surface area contributed by atoms with Gasteiger partial charge in [0.2, 0.25) is 11.2 Å². The van der Waals surface area contributed by atoms with Crippen molar-refractivity contribution in [1.29, 1.82) is 0 Å². The largest absolute Gasteiger partial charge is 0.368 e. The van der Waals surface area contributed by atoms with Crippen LogP contribution in [-0.2, 0) is 11.3 Å². The van der Waals surface area contributed by atoms with Crippen molar-refractivity contribution in [1.82, 2.24) is 14.9 Å². The quantitative estimate of drug-likeness (QED) is 0.735. The van der Waals surface area contributed by atoms with Gasteiger partial charge < -0.3 is 11.5 Å². The number of likely N-dealkylation sites (tertiary alicyclic amines) is 1. The molecule has 2 amide bonds. The Morgan fingerprint density at radius 1 is 1.42 bits per heavy atom. The predicted octanol–water partition coefficient (Wildman–Crippen LogP) is -0.321. The van der Waals surface area contributed by atoms with Gasteiger partial charge >= 0.3 is 0 Å². The third-order valence-corrected chi connectivity index (χ3v) is 3.23. The van der Waals surface area contributed by atoms with Crippen LogP contribution in [0.1, 0.15) is 29.0 Å². The van der Waals surface area contributed by atoms with E-state index in [1.807, 2.05) is 4.90 Å². The van der Waals surface area contributed by atoms with Crippen molar-refractivity contribution in [3.63, 3.8) is 0 Å². The average molecular weight is 284 g/mol. The highest BCUT2D eigenvalue weighted by Gasteiger charge is 2.29. The predicted molar refractivity (Wildman–Crippen MR) is 68.2 cm³/mol. The Balaban J connectivity index is 2.19. The van der Waals surface area contributed by atoms with Crippen molar-refractivity contribution in [3.05, 3.63) is 22.7 Å². The summed E-state index contributed by atoms with van der Waals surface area (Å²) >= 11 is 5.74. The van der Waals surface area contributed by atoms with Gasteiger partial charge in [0.05, 0.1) is 11.7 Å². The molecular formula is C11H14ClN5O2. The highest BCUT2D eigenvalue weighted by Crippen LogP contribution is 2.19. The van der Waals surface area contributed by atoms with Gasteiger partial charge in [-0.1, -0.05) is 0 Å². The van der Waals surface area contributed by atoms with Crippen LogP contribution in [0.15, 0.2) is 6.07 Å². The van der Waals surface area contributed by atoms with Gasteiger partial charge in [0.1, 0.15) is 5.69 Å². The first-order valence-electron chi connectivity index (χ1n) is 5.84. The number of nitrogens with zero attached hydrogens (tertiary/aromatic N) is 3. The number of amides is 2. The lowest BCUT2D eigenvalue weighted by atomic mass is 10.2. The zero-order valence-electron chi connectivity index (χ0n) is 10.2. The van der Waals surface area contributed by atoms with Gasteiger partial charge in [0, 0.05) is 6.54 Å². The smallest absolute Gasteiger partial charge is 0.267 e. The molecule has 0 aliphatic carbocycles. The number of hydrogen-bond acceptors (Lipinski definition) is 5. The van der Waals surface area contributed by atoms with Crippen LogP contribution in [-0.4, -0.2) is 39.3 Å². The number of hydrogen-bond donors (Lipinski definition) is 2. The Kier molecular flexibility index (Phi) is 3.96. The number of nitrogens with two attached hydrogens (primary N) is 2. The second-order valence-electron chi connectivity index (χ2n) is 4.41.